The molecule has 2 N–H and O–H groups in total. The van der Waals surface area contributed by atoms with Gasteiger partial charge in [0.1, 0.15) is 11.9 Å². The van der Waals surface area contributed by atoms with E-state index in [0.29, 0.717) is 5.92 Å². The number of fused-ring (bicyclic) bond motifs is 1. The van der Waals surface area contributed by atoms with Crippen LogP contribution in [-0.4, -0.2) is 50.1 Å². The molecular formula is C29H46N2O5. The molecule has 0 spiro atoms. The number of carbonyl (C=O) groups is 2. The minimum atomic E-state index is -1.20. The highest BCUT2D eigenvalue weighted by atomic mass is 16.5. The van der Waals surface area contributed by atoms with Gasteiger partial charge in [-0.2, -0.15) is 5.10 Å². The van der Waals surface area contributed by atoms with Gasteiger partial charge in [0.05, 0.1) is 29.7 Å². The first-order valence-corrected chi connectivity index (χ1v) is 13.4. The number of cyclic esters (lactones) is 1. The van der Waals surface area contributed by atoms with Crippen LogP contribution in [0, 0.1) is 35.5 Å². The molecule has 2 aliphatic rings. The molecule has 202 valence electrons. The Morgan fingerprint density at radius 2 is 1.89 bits per heavy atom. The monoisotopic (exact) mass is 502 g/mol. The summed E-state index contributed by atoms with van der Waals surface area (Å²) < 4.78 is 7.78. The summed E-state index contributed by atoms with van der Waals surface area (Å²) in [7, 11) is 1.90. The Morgan fingerprint density at radius 1 is 1.22 bits per heavy atom. The quantitative estimate of drug-likeness (QED) is 0.572. The minimum Gasteiger partial charge on any atom is -0.458 e. The predicted octanol–water partition coefficient (Wildman–Crippen LogP) is 4.62. The van der Waals surface area contributed by atoms with E-state index in [1.165, 1.54) is 0 Å². The number of nitrogens with zero attached hydrogens (tertiary/aromatic N) is 2. The number of hydrogen-bond donors (Lipinski definition) is 2. The Morgan fingerprint density at radius 3 is 2.50 bits per heavy atom. The van der Waals surface area contributed by atoms with Crippen LogP contribution in [0.3, 0.4) is 0 Å². The van der Waals surface area contributed by atoms with Gasteiger partial charge in [-0.1, -0.05) is 41.0 Å². The molecule has 1 aromatic rings. The summed E-state index contributed by atoms with van der Waals surface area (Å²) in [6.45, 7) is 13.3. The molecule has 7 nitrogen and oxygen atoms in total. The summed E-state index contributed by atoms with van der Waals surface area (Å²) in [4.78, 5) is 26.3. The number of aliphatic hydroxyl groups is 2. The zero-order valence-electron chi connectivity index (χ0n) is 23.4. The lowest BCUT2D eigenvalue weighted by molar-refractivity contribution is -0.154. The highest BCUT2D eigenvalue weighted by molar-refractivity contribution is 5.88. The van der Waals surface area contributed by atoms with E-state index >= 15 is 0 Å². The van der Waals surface area contributed by atoms with Crippen molar-refractivity contribution >= 4 is 17.8 Å². The molecule has 7 heteroatoms. The fourth-order valence-electron chi connectivity index (χ4n) is 5.77. The van der Waals surface area contributed by atoms with Crippen molar-refractivity contribution < 1.29 is 24.5 Å². The molecule has 1 saturated heterocycles. The second-order valence-electron chi connectivity index (χ2n) is 12.4. The van der Waals surface area contributed by atoms with Gasteiger partial charge in [-0.3, -0.25) is 14.3 Å². The van der Waals surface area contributed by atoms with E-state index < -0.39 is 35.6 Å². The summed E-state index contributed by atoms with van der Waals surface area (Å²) in [5.41, 5.74) is 1.80. The molecule has 1 aromatic heterocycles. The number of aromatic nitrogens is 2. The lowest BCUT2D eigenvalue weighted by Gasteiger charge is -2.34. The number of Topliss-reactive ketones (excluding diaryl/α,β-unsaturated/α-hetero) is 1. The molecule has 36 heavy (non-hydrogen) atoms. The summed E-state index contributed by atoms with van der Waals surface area (Å²) >= 11 is 0. The molecule has 0 unspecified atom stereocenters. The second-order valence-corrected chi connectivity index (χ2v) is 12.4. The van der Waals surface area contributed by atoms with Crippen molar-refractivity contribution in [1.29, 1.82) is 0 Å². The van der Waals surface area contributed by atoms with E-state index in [4.69, 9.17) is 4.74 Å². The smallest absolute Gasteiger partial charge is 0.309 e. The number of aryl methyl sites for hydroxylation is 2. The van der Waals surface area contributed by atoms with E-state index in [9.17, 15) is 19.8 Å². The number of esters is 1. The van der Waals surface area contributed by atoms with Crippen molar-refractivity contribution in [3.05, 3.63) is 23.0 Å². The molecule has 3 rings (SSSR count). The van der Waals surface area contributed by atoms with Crippen molar-refractivity contribution in [3.8, 4) is 0 Å². The average Bonchev–Trinajstić information content (AvgIpc) is 3.32. The van der Waals surface area contributed by atoms with Crippen molar-refractivity contribution in [1.82, 2.24) is 9.78 Å². The number of carbonyl (C=O) groups excluding carboxylic acids is 2. The Balaban J connectivity index is 1.87. The molecule has 0 amide bonds. The van der Waals surface area contributed by atoms with Crippen LogP contribution < -0.4 is 0 Å². The Hall–Kier alpha value is -1.99. The third kappa shape index (κ3) is 6.28. The number of ketones is 1. The molecule has 0 bridgehead atoms. The summed E-state index contributed by atoms with van der Waals surface area (Å²) in [6, 6.07) is 2.00. The van der Waals surface area contributed by atoms with Crippen LogP contribution in [0.1, 0.15) is 91.5 Å². The molecule has 2 heterocycles. The van der Waals surface area contributed by atoms with Gasteiger partial charge in [0.15, 0.2) is 0 Å². The maximum atomic E-state index is 13.3. The van der Waals surface area contributed by atoms with E-state index in [1.54, 1.807) is 20.8 Å². The highest BCUT2D eigenvalue weighted by Gasteiger charge is 2.50. The van der Waals surface area contributed by atoms with Gasteiger partial charge >= 0.3 is 5.97 Å². The van der Waals surface area contributed by atoms with E-state index in [1.807, 2.05) is 44.6 Å². The molecule has 0 radical (unpaired) electrons. The molecule has 0 aromatic carbocycles. The zero-order valence-corrected chi connectivity index (χ0v) is 23.4. The SMILES string of the molecule is C/C(=C\c1cc(C)n(C)n1)[C@@H]1C[C@@H]2C[C@]2(C)CCC[C@H](C)[C@H](O)[C@@H](C)C(=O)C(C)(C)[C@@H](O)CC(=O)O1. The van der Waals surface area contributed by atoms with Crippen LogP contribution in [0.5, 0.6) is 0 Å². The summed E-state index contributed by atoms with van der Waals surface area (Å²) in [5, 5.41) is 26.3. The highest BCUT2D eigenvalue weighted by Crippen LogP contribution is 2.58. The first-order valence-electron chi connectivity index (χ1n) is 13.4. The van der Waals surface area contributed by atoms with E-state index in [2.05, 4.69) is 12.0 Å². The molecule has 1 aliphatic carbocycles. The Kier molecular flexibility index (Phi) is 8.56. The summed E-state index contributed by atoms with van der Waals surface area (Å²) in [6.07, 6.45) is 3.98. The Bertz CT molecular complexity index is 976. The second kappa shape index (κ2) is 10.8. The van der Waals surface area contributed by atoms with Crippen LogP contribution in [0.25, 0.3) is 6.08 Å². The fourth-order valence-corrected chi connectivity index (χ4v) is 5.77. The minimum absolute atomic E-state index is 0.0182. The lowest BCUT2D eigenvalue weighted by atomic mass is 9.73. The van der Waals surface area contributed by atoms with Gasteiger partial charge in [0.25, 0.3) is 0 Å². The predicted molar refractivity (Wildman–Crippen MR) is 140 cm³/mol. The average molecular weight is 503 g/mol. The Labute approximate surface area is 216 Å². The normalized spacial score (nSPS) is 36.8. The van der Waals surface area contributed by atoms with Crippen LogP contribution in [0.4, 0.5) is 0 Å². The zero-order chi connectivity index (χ0) is 27.0. The number of rotatable bonds is 2. The molecular weight excluding hydrogens is 456 g/mol. The van der Waals surface area contributed by atoms with E-state index in [-0.39, 0.29) is 23.5 Å². The van der Waals surface area contributed by atoms with Crippen molar-refractivity contribution in [2.75, 3.05) is 0 Å². The van der Waals surface area contributed by atoms with Crippen molar-refractivity contribution in [2.45, 2.75) is 105 Å². The standard InChI is InChI=1S/C29H46N2O5/c1-17-10-9-11-29(7)16-21(29)14-23(18(2)12-22-13-19(3)31(8)30-22)36-25(33)15-24(32)28(5,6)27(35)20(4)26(17)34/h12-13,17,20-21,23-24,26,32,34H,9-11,14-16H2,1-8H3/b18-12+/t17-,20+,21+,23-,24-,26-,29-/m0/s1. The van der Waals surface area contributed by atoms with Crippen molar-refractivity contribution in [2.24, 2.45) is 35.6 Å². The largest absolute Gasteiger partial charge is 0.458 e. The van der Waals surface area contributed by atoms with Gasteiger partial charge in [-0.15, -0.1) is 0 Å². The lowest BCUT2D eigenvalue weighted by Crippen LogP contribution is -2.45. The topological polar surface area (TPSA) is 102 Å². The fraction of sp³-hybridized carbons (Fsp3) is 0.759. The van der Waals surface area contributed by atoms with Crippen LogP contribution >= 0.6 is 0 Å². The van der Waals surface area contributed by atoms with Crippen LogP contribution in [-0.2, 0) is 21.4 Å². The van der Waals surface area contributed by atoms with Crippen LogP contribution in [0.15, 0.2) is 11.6 Å². The molecule has 7 atom stereocenters. The number of hydrogen-bond acceptors (Lipinski definition) is 6. The molecule has 1 aliphatic heterocycles. The third-order valence-electron chi connectivity index (χ3n) is 9.07. The number of aliphatic hydroxyl groups excluding tert-OH is 2. The van der Waals surface area contributed by atoms with Gasteiger partial charge in [0, 0.05) is 18.7 Å². The van der Waals surface area contributed by atoms with Crippen LogP contribution in [0.2, 0.25) is 0 Å². The van der Waals surface area contributed by atoms with Crippen molar-refractivity contribution in [3.63, 3.8) is 0 Å². The van der Waals surface area contributed by atoms with Gasteiger partial charge in [-0.25, -0.2) is 0 Å². The number of ether oxygens (including phenoxy) is 1. The summed E-state index contributed by atoms with van der Waals surface area (Å²) in [5.74, 6) is -0.956. The van der Waals surface area contributed by atoms with Gasteiger partial charge in [-0.05, 0) is 74.5 Å². The van der Waals surface area contributed by atoms with E-state index in [0.717, 1.165) is 49.1 Å². The maximum Gasteiger partial charge on any atom is 0.309 e. The first kappa shape index (κ1) is 28.6. The van der Waals surface area contributed by atoms with Gasteiger partial charge in [0.2, 0.25) is 0 Å². The van der Waals surface area contributed by atoms with Gasteiger partial charge < -0.3 is 14.9 Å². The molecule has 2 fully saturated rings. The maximum absolute atomic E-state index is 13.3. The molecule has 1 saturated carbocycles. The third-order valence-corrected chi connectivity index (χ3v) is 9.07. The first-order chi connectivity index (χ1) is 16.7.